The van der Waals surface area contributed by atoms with E-state index in [1.165, 1.54) is 0 Å². The van der Waals surface area contributed by atoms with Crippen molar-refractivity contribution in [2.45, 2.75) is 13.5 Å². The maximum absolute atomic E-state index is 9.71. The molecular formula is C19H23N5O. The van der Waals surface area contributed by atoms with E-state index in [1.807, 2.05) is 19.2 Å². The first-order valence-electron chi connectivity index (χ1n) is 8.63. The van der Waals surface area contributed by atoms with Crippen molar-refractivity contribution in [2.75, 3.05) is 31.1 Å². The molecule has 0 atom stereocenters. The second kappa shape index (κ2) is 6.38. The van der Waals surface area contributed by atoms with Crippen LogP contribution in [0.4, 0.5) is 5.82 Å². The number of hydrogen-bond acceptors (Lipinski definition) is 5. The number of hydrogen-bond donors (Lipinski definition) is 3. The second-order valence-corrected chi connectivity index (χ2v) is 6.50. The Balaban J connectivity index is 1.87. The topological polar surface area (TPSA) is 78.8 Å². The molecule has 1 fully saturated rings. The van der Waals surface area contributed by atoms with Gasteiger partial charge in [0.2, 0.25) is 0 Å². The van der Waals surface area contributed by atoms with Gasteiger partial charge < -0.3 is 21.1 Å². The number of nitrogens with one attached hydrogen (secondary N) is 1. The monoisotopic (exact) mass is 337 g/mol. The SMILES string of the molecule is Cc1cc(O)ccc1-c1cn2c(N3CCNCC3)cnc2cc1CN. The molecule has 4 N–H and O–H groups in total. The van der Waals surface area contributed by atoms with Crippen molar-refractivity contribution in [1.29, 1.82) is 0 Å². The van der Waals surface area contributed by atoms with E-state index in [2.05, 4.69) is 31.9 Å². The third-order valence-electron chi connectivity index (χ3n) is 4.87. The summed E-state index contributed by atoms with van der Waals surface area (Å²) in [5, 5.41) is 13.1. The Hall–Kier alpha value is -2.57. The minimum atomic E-state index is 0.278. The fourth-order valence-electron chi connectivity index (χ4n) is 3.54. The molecule has 0 amide bonds. The number of aromatic nitrogens is 2. The van der Waals surface area contributed by atoms with E-state index in [0.29, 0.717) is 6.54 Å². The number of aromatic hydroxyl groups is 1. The number of imidazole rings is 1. The number of pyridine rings is 1. The lowest BCUT2D eigenvalue weighted by molar-refractivity contribution is 0.475. The summed E-state index contributed by atoms with van der Waals surface area (Å²) in [5.74, 6) is 1.39. The molecule has 1 aliphatic heterocycles. The molecule has 3 heterocycles. The van der Waals surface area contributed by atoms with Gasteiger partial charge in [-0.1, -0.05) is 6.07 Å². The van der Waals surface area contributed by atoms with Crippen molar-refractivity contribution in [3.63, 3.8) is 0 Å². The highest BCUT2D eigenvalue weighted by atomic mass is 16.3. The molecule has 0 radical (unpaired) electrons. The van der Waals surface area contributed by atoms with Gasteiger partial charge in [0, 0.05) is 44.5 Å². The first-order valence-corrected chi connectivity index (χ1v) is 8.63. The largest absolute Gasteiger partial charge is 0.508 e. The third kappa shape index (κ3) is 2.83. The molecule has 2 aromatic heterocycles. The van der Waals surface area contributed by atoms with Gasteiger partial charge in [0.15, 0.2) is 0 Å². The Morgan fingerprint density at radius 1 is 1.20 bits per heavy atom. The van der Waals surface area contributed by atoms with Crippen molar-refractivity contribution in [1.82, 2.24) is 14.7 Å². The normalized spacial score (nSPS) is 15.0. The van der Waals surface area contributed by atoms with Gasteiger partial charge in [-0.15, -0.1) is 0 Å². The number of anilines is 1. The van der Waals surface area contributed by atoms with Crippen molar-refractivity contribution >= 4 is 11.5 Å². The Morgan fingerprint density at radius 2 is 2.00 bits per heavy atom. The number of nitrogens with zero attached hydrogens (tertiary/aromatic N) is 3. The molecule has 0 bridgehead atoms. The first-order chi connectivity index (χ1) is 12.2. The lowest BCUT2D eigenvalue weighted by Crippen LogP contribution is -2.44. The van der Waals surface area contributed by atoms with Gasteiger partial charge in [0.1, 0.15) is 17.2 Å². The minimum Gasteiger partial charge on any atom is -0.508 e. The van der Waals surface area contributed by atoms with Crippen LogP contribution in [-0.2, 0) is 6.54 Å². The Bertz CT molecular complexity index is 912. The molecular weight excluding hydrogens is 314 g/mol. The minimum absolute atomic E-state index is 0.278. The average molecular weight is 337 g/mol. The zero-order chi connectivity index (χ0) is 17.4. The van der Waals surface area contributed by atoms with Crippen molar-refractivity contribution in [2.24, 2.45) is 5.73 Å². The molecule has 1 aliphatic rings. The molecule has 0 unspecified atom stereocenters. The third-order valence-corrected chi connectivity index (χ3v) is 4.87. The van der Waals surface area contributed by atoms with Crippen LogP contribution >= 0.6 is 0 Å². The van der Waals surface area contributed by atoms with Crippen molar-refractivity contribution in [3.05, 3.63) is 47.8 Å². The molecule has 0 aliphatic carbocycles. The highest BCUT2D eigenvalue weighted by Crippen LogP contribution is 2.31. The van der Waals surface area contributed by atoms with Gasteiger partial charge in [-0.2, -0.15) is 0 Å². The summed E-state index contributed by atoms with van der Waals surface area (Å²) in [7, 11) is 0. The lowest BCUT2D eigenvalue weighted by atomic mass is 9.97. The van der Waals surface area contributed by atoms with E-state index in [9.17, 15) is 5.11 Å². The van der Waals surface area contributed by atoms with Crippen molar-refractivity contribution < 1.29 is 5.11 Å². The number of benzene rings is 1. The number of nitrogens with two attached hydrogens (primary N) is 1. The molecule has 6 nitrogen and oxygen atoms in total. The fraction of sp³-hybridized carbons (Fsp3) is 0.316. The predicted molar refractivity (Wildman–Crippen MR) is 100 cm³/mol. The summed E-state index contributed by atoms with van der Waals surface area (Å²) in [6.07, 6.45) is 4.07. The number of piperazine rings is 1. The first kappa shape index (κ1) is 15.9. The summed E-state index contributed by atoms with van der Waals surface area (Å²) < 4.78 is 2.14. The highest BCUT2D eigenvalue weighted by Gasteiger charge is 2.17. The molecule has 0 saturated carbocycles. The average Bonchev–Trinajstić information content (AvgIpc) is 3.04. The quantitative estimate of drug-likeness (QED) is 0.680. The Labute approximate surface area is 146 Å². The molecule has 4 rings (SSSR count). The standard InChI is InChI=1S/C19H23N5O/c1-13-8-15(25)2-3-16(13)17-12-24-18(9-14(17)10-20)22-11-19(24)23-6-4-21-5-7-23/h2-3,8-9,11-12,21,25H,4-7,10,20H2,1H3. The number of aryl methyl sites for hydroxylation is 1. The van der Waals surface area contributed by atoms with E-state index in [-0.39, 0.29) is 5.75 Å². The Kier molecular flexibility index (Phi) is 4.07. The lowest BCUT2D eigenvalue weighted by Gasteiger charge is -2.28. The summed E-state index contributed by atoms with van der Waals surface area (Å²) >= 11 is 0. The van der Waals surface area contributed by atoms with E-state index in [1.54, 1.807) is 12.1 Å². The summed E-state index contributed by atoms with van der Waals surface area (Å²) in [5.41, 5.74) is 11.2. The van der Waals surface area contributed by atoms with Gasteiger partial charge >= 0.3 is 0 Å². The van der Waals surface area contributed by atoms with Crippen LogP contribution in [0.25, 0.3) is 16.8 Å². The number of fused-ring (bicyclic) bond motifs is 1. The van der Waals surface area contributed by atoms with Gasteiger partial charge in [-0.25, -0.2) is 4.98 Å². The van der Waals surface area contributed by atoms with Crippen LogP contribution in [0.3, 0.4) is 0 Å². The van der Waals surface area contributed by atoms with E-state index in [0.717, 1.165) is 59.9 Å². The maximum atomic E-state index is 9.71. The van der Waals surface area contributed by atoms with Crippen LogP contribution in [0, 0.1) is 6.92 Å². The molecule has 1 aromatic carbocycles. The van der Waals surface area contributed by atoms with Crippen LogP contribution in [0.5, 0.6) is 5.75 Å². The molecule has 3 aromatic rings. The molecule has 0 spiro atoms. The van der Waals surface area contributed by atoms with Crippen LogP contribution in [0.1, 0.15) is 11.1 Å². The van der Waals surface area contributed by atoms with E-state index < -0.39 is 0 Å². The smallest absolute Gasteiger partial charge is 0.138 e. The number of phenolic OH excluding ortho intramolecular Hbond substituents is 1. The second-order valence-electron chi connectivity index (χ2n) is 6.50. The van der Waals surface area contributed by atoms with Gasteiger partial charge in [0.25, 0.3) is 0 Å². The van der Waals surface area contributed by atoms with Gasteiger partial charge in [0.05, 0.1) is 6.20 Å². The fourth-order valence-corrected chi connectivity index (χ4v) is 3.54. The van der Waals surface area contributed by atoms with Crippen molar-refractivity contribution in [3.8, 4) is 16.9 Å². The summed E-state index contributed by atoms with van der Waals surface area (Å²) in [4.78, 5) is 6.93. The van der Waals surface area contributed by atoms with E-state index in [4.69, 9.17) is 5.73 Å². The van der Waals surface area contributed by atoms with Crippen LogP contribution in [0.15, 0.2) is 36.7 Å². The molecule has 130 valence electrons. The predicted octanol–water partition coefficient (Wildman–Crippen LogP) is 1.88. The molecule has 6 heteroatoms. The number of phenols is 1. The maximum Gasteiger partial charge on any atom is 0.138 e. The zero-order valence-electron chi connectivity index (χ0n) is 14.4. The van der Waals surface area contributed by atoms with Crippen LogP contribution in [0.2, 0.25) is 0 Å². The molecule has 25 heavy (non-hydrogen) atoms. The van der Waals surface area contributed by atoms with Gasteiger partial charge in [-0.3, -0.25) is 4.40 Å². The van der Waals surface area contributed by atoms with Crippen LogP contribution < -0.4 is 16.0 Å². The summed E-state index contributed by atoms with van der Waals surface area (Å²) in [6, 6.07) is 7.52. The van der Waals surface area contributed by atoms with E-state index >= 15 is 0 Å². The van der Waals surface area contributed by atoms with Gasteiger partial charge in [-0.05, 0) is 41.8 Å². The highest BCUT2D eigenvalue weighted by molar-refractivity contribution is 5.73. The zero-order valence-corrected chi connectivity index (χ0v) is 14.4. The molecule has 1 saturated heterocycles. The summed E-state index contributed by atoms with van der Waals surface area (Å²) in [6.45, 7) is 6.36. The van der Waals surface area contributed by atoms with Crippen LogP contribution in [-0.4, -0.2) is 40.7 Å². The Morgan fingerprint density at radius 3 is 2.72 bits per heavy atom. The number of rotatable bonds is 3.